The third kappa shape index (κ3) is 7.10. The standard InChI is InChI=1S/C33H32Cl2N4O4/c1-2-43-31(41)33(15-17-39(18-16-33)21-22-9-4-3-5-10-22)38-30(40)25-19-23-11-6-7-12-24(23)20-28(25)36-32(42)37-29-26(34)13-8-14-27(29)35/h3-14,19-20H,2,15-18,21H2,1H3,(H,38,40)(H2,36,37,42). The van der Waals surface area contributed by atoms with Gasteiger partial charge >= 0.3 is 12.0 Å². The minimum absolute atomic E-state index is 0.192. The maximum Gasteiger partial charge on any atom is 0.331 e. The molecular weight excluding hydrogens is 587 g/mol. The monoisotopic (exact) mass is 618 g/mol. The largest absolute Gasteiger partial charge is 0.464 e. The molecule has 8 nitrogen and oxygen atoms in total. The summed E-state index contributed by atoms with van der Waals surface area (Å²) >= 11 is 12.5. The average molecular weight is 620 g/mol. The van der Waals surface area contributed by atoms with E-state index >= 15 is 0 Å². The summed E-state index contributed by atoms with van der Waals surface area (Å²) in [4.78, 5) is 42.6. The molecule has 43 heavy (non-hydrogen) atoms. The fraction of sp³-hybridized carbons (Fsp3) is 0.242. The molecule has 0 aliphatic carbocycles. The molecule has 1 heterocycles. The topological polar surface area (TPSA) is 99.8 Å². The average Bonchev–Trinajstić information content (AvgIpc) is 3.00. The Bertz CT molecular complexity index is 1620. The zero-order valence-electron chi connectivity index (χ0n) is 23.7. The van der Waals surface area contributed by atoms with E-state index < -0.39 is 23.4 Å². The lowest BCUT2D eigenvalue weighted by Gasteiger charge is -2.40. The minimum atomic E-state index is -1.21. The quantitative estimate of drug-likeness (QED) is 0.183. The number of nitrogens with zero attached hydrogens (tertiary/aromatic N) is 1. The Morgan fingerprint density at radius 1 is 0.837 bits per heavy atom. The van der Waals surface area contributed by atoms with Crippen molar-refractivity contribution in [2.45, 2.75) is 31.8 Å². The van der Waals surface area contributed by atoms with Crippen molar-refractivity contribution in [3.63, 3.8) is 0 Å². The summed E-state index contributed by atoms with van der Waals surface area (Å²) < 4.78 is 5.45. The second kappa shape index (κ2) is 13.5. The Balaban J connectivity index is 1.40. The molecule has 3 amide bonds. The van der Waals surface area contributed by atoms with E-state index in [1.165, 1.54) is 5.56 Å². The number of rotatable bonds is 8. The summed E-state index contributed by atoms with van der Waals surface area (Å²) in [5.41, 5.74) is 0.681. The van der Waals surface area contributed by atoms with Gasteiger partial charge in [0.15, 0.2) is 0 Å². The predicted molar refractivity (Wildman–Crippen MR) is 171 cm³/mol. The number of piperidine rings is 1. The van der Waals surface area contributed by atoms with Gasteiger partial charge in [0.2, 0.25) is 0 Å². The molecule has 5 rings (SSSR count). The van der Waals surface area contributed by atoms with Crippen molar-refractivity contribution in [2.24, 2.45) is 0 Å². The number of carbonyl (C=O) groups is 3. The molecule has 0 saturated carbocycles. The van der Waals surface area contributed by atoms with Crippen molar-refractivity contribution in [1.82, 2.24) is 10.2 Å². The first-order valence-corrected chi connectivity index (χ1v) is 14.8. The maximum atomic E-state index is 14.0. The molecule has 1 saturated heterocycles. The van der Waals surface area contributed by atoms with Crippen LogP contribution in [0.3, 0.4) is 0 Å². The third-order valence-electron chi connectivity index (χ3n) is 7.56. The number of esters is 1. The Morgan fingerprint density at radius 2 is 1.47 bits per heavy atom. The molecular formula is C33H32Cl2N4O4. The number of hydrogen-bond acceptors (Lipinski definition) is 5. The second-order valence-electron chi connectivity index (χ2n) is 10.4. The first kappa shape index (κ1) is 30.4. The smallest absolute Gasteiger partial charge is 0.331 e. The van der Waals surface area contributed by atoms with Gasteiger partial charge in [-0.05, 0) is 60.4 Å². The Labute approximate surface area is 260 Å². The fourth-order valence-corrected chi connectivity index (χ4v) is 5.78. The van der Waals surface area contributed by atoms with Crippen molar-refractivity contribution in [2.75, 3.05) is 30.3 Å². The fourth-order valence-electron chi connectivity index (χ4n) is 5.28. The summed E-state index contributed by atoms with van der Waals surface area (Å²) in [5.74, 6) is -0.967. The van der Waals surface area contributed by atoms with Crippen LogP contribution in [0.5, 0.6) is 0 Å². The number of fused-ring (bicyclic) bond motifs is 1. The number of halogens is 2. The van der Waals surface area contributed by atoms with Gasteiger partial charge in [-0.3, -0.25) is 9.69 Å². The zero-order valence-corrected chi connectivity index (χ0v) is 25.2. The third-order valence-corrected chi connectivity index (χ3v) is 8.19. The molecule has 1 aliphatic rings. The molecule has 4 aromatic rings. The summed E-state index contributed by atoms with van der Waals surface area (Å²) in [6.45, 7) is 3.87. The molecule has 3 N–H and O–H groups in total. The number of para-hydroxylation sites is 1. The van der Waals surface area contributed by atoms with Crippen LogP contribution in [0.25, 0.3) is 10.8 Å². The molecule has 10 heteroatoms. The highest BCUT2D eigenvalue weighted by molar-refractivity contribution is 6.39. The van der Waals surface area contributed by atoms with Crippen LogP contribution in [0.1, 0.15) is 35.7 Å². The molecule has 4 aromatic carbocycles. The van der Waals surface area contributed by atoms with Gasteiger partial charge < -0.3 is 20.7 Å². The molecule has 0 unspecified atom stereocenters. The van der Waals surface area contributed by atoms with Crippen molar-refractivity contribution < 1.29 is 19.1 Å². The van der Waals surface area contributed by atoms with E-state index in [0.29, 0.717) is 25.9 Å². The summed E-state index contributed by atoms with van der Waals surface area (Å²) in [5, 5.41) is 10.6. The Hall–Kier alpha value is -4.11. The van der Waals surface area contributed by atoms with Crippen LogP contribution in [0, 0.1) is 0 Å². The lowest BCUT2D eigenvalue weighted by atomic mass is 9.86. The van der Waals surface area contributed by atoms with E-state index in [1.807, 2.05) is 42.5 Å². The van der Waals surface area contributed by atoms with E-state index in [-0.39, 0.29) is 33.6 Å². The van der Waals surface area contributed by atoms with Gasteiger partial charge in [0, 0.05) is 19.6 Å². The number of anilines is 2. The van der Waals surface area contributed by atoms with Gasteiger partial charge in [0.05, 0.1) is 33.6 Å². The van der Waals surface area contributed by atoms with Crippen LogP contribution in [0.4, 0.5) is 16.2 Å². The molecule has 0 radical (unpaired) electrons. The van der Waals surface area contributed by atoms with Gasteiger partial charge in [-0.1, -0.05) is 83.9 Å². The number of hydrogen-bond donors (Lipinski definition) is 3. The van der Waals surface area contributed by atoms with Gasteiger partial charge in [0.1, 0.15) is 5.54 Å². The van der Waals surface area contributed by atoms with Gasteiger partial charge in [-0.25, -0.2) is 9.59 Å². The number of urea groups is 1. The molecule has 0 spiro atoms. The number of benzene rings is 4. The zero-order chi connectivity index (χ0) is 30.4. The second-order valence-corrected chi connectivity index (χ2v) is 11.3. The molecule has 0 bridgehead atoms. The predicted octanol–water partition coefficient (Wildman–Crippen LogP) is 7.12. The number of likely N-dealkylation sites (tertiary alicyclic amines) is 1. The summed E-state index contributed by atoms with van der Waals surface area (Å²) in [7, 11) is 0. The number of amides is 3. The van der Waals surface area contributed by atoms with Crippen molar-refractivity contribution in [3.8, 4) is 0 Å². The van der Waals surface area contributed by atoms with Crippen LogP contribution in [-0.4, -0.2) is 48.0 Å². The van der Waals surface area contributed by atoms with Crippen LogP contribution in [0.15, 0.2) is 84.9 Å². The van der Waals surface area contributed by atoms with E-state index in [2.05, 4.69) is 33.0 Å². The van der Waals surface area contributed by atoms with E-state index in [9.17, 15) is 14.4 Å². The first-order valence-electron chi connectivity index (χ1n) is 14.1. The van der Waals surface area contributed by atoms with E-state index in [4.69, 9.17) is 27.9 Å². The molecule has 1 fully saturated rings. The molecule has 0 atom stereocenters. The highest BCUT2D eigenvalue weighted by atomic mass is 35.5. The summed E-state index contributed by atoms with van der Waals surface area (Å²) in [6, 6.07) is 25.3. The minimum Gasteiger partial charge on any atom is -0.464 e. The van der Waals surface area contributed by atoms with Gasteiger partial charge in [-0.2, -0.15) is 0 Å². The number of ether oxygens (including phenoxy) is 1. The lowest BCUT2D eigenvalue weighted by Crippen LogP contribution is -2.60. The summed E-state index contributed by atoms with van der Waals surface area (Å²) in [6.07, 6.45) is 0.762. The SMILES string of the molecule is CCOC(=O)C1(NC(=O)c2cc3ccccc3cc2NC(=O)Nc2c(Cl)cccc2Cl)CCN(Cc2ccccc2)CC1. The van der Waals surface area contributed by atoms with Crippen molar-refractivity contribution in [3.05, 3.63) is 106 Å². The molecule has 1 aliphatic heterocycles. The van der Waals surface area contributed by atoms with Crippen LogP contribution in [-0.2, 0) is 16.1 Å². The molecule has 0 aromatic heterocycles. The normalized spacial score (nSPS) is 14.6. The van der Waals surface area contributed by atoms with Crippen LogP contribution < -0.4 is 16.0 Å². The van der Waals surface area contributed by atoms with Crippen molar-refractivity contribution >= 4 is 63.3 Å². The van der Waals surface area contributed by atoms with Crippen LogP contribution in [0.2, 0.25) is 10.0 Å². The van der Waals surface area contributed by atoms with Crippen molar-refractivity contribution in [1.29, 1.82) is 0 Å². The Morgan fingerprint density at radius 3 is 2.12 bits per heavy atom. The lowest BCUT2D eigenvalue weighted by molar-refractivity contribution is -0.153. The highest BCUT2D eigenvalue weighted by Crippen LogP contribution is 2.32. The number of nitrogens with one attached hydrogen (secondary N) is 3. The van der Waals surface area contributed by atoms with E-state index in [1.54, 1.807) is 37.3 Å². The maximum absolute atomic E-state index is 14.0. The first-order chi connectivity index (χ1) is 20.8. The van der Waals surface area contributed by atoms with Crippen LogP contribution >= 0.6 is 23.2 Å². The van der Waals surface area contributed by atoms with Gasteiger partial charge in [0.25, 0.3) is 5.91 Å². The van der Waals surface area contributed by atoms with E-state index in [0.717, 1.165) is 17.3 Å². The van der Waals surface area contributed by atoms with Gasteiger partial charge in [-0.15, -0.1) is 0 Å². The Kier molecular flexibility index (Phi) is 9.50. The highest BCUT2D eigenvalue weighted by Gasteiger charge is 2.44. The number of carbonyl (C=O) groups excluding carboxylic acids is 3. The molecule has 222 valence electrons.